The van der Waals surface area contributed by atoms with Crippen molar-refractivity contribution in [2.45, 2.75) is 64.5 Å². The molecule has 1 fully saturated rings. The van der Waals surface area contributed by atoms with Crippen LogP contribution in [0.5, 0.6) is 0 Å². The minimum Gasteiger partial charge on any atom is -0.387 e. The lowest BCUT2D eigenvalue weighted by Crippen LogP contribution is -2.52. The van der Waals surface area contributed by atoms with Gasteiger partial charge in [0.25, 0.3) is 0 Å². The van der Waals surface area contributed by atoms with E-state index in [0.29, 0.717) is 18.5 Å². The van der Waals surface area contributed by atoms with E-state index in [-0.39, 0.29) is 0 Å². The summed E-state index contributed by atoms with van der Waals surface area (Å²) in [5, 5.41) is 10.6. The molecule has 0 aromatic carbocycles. The van der Waals surface area contributed by atoms with Crippen molar-refractivity contribution in [3.63, 3.8) is 0 Å². The second-order valence-corrected chi connectivity index (χ2v) is 5.66. The number of unbranched alkanes of at least 4 members (excludes halogenated alkanes) is 1. The molecular formula is C14H30N2O. The van der Waals surface area contributed by atoms with Crippen LogP contribution in [-0.4, -0.2) is 41.3 Å². The molecule has 1 rings (SSSR count). The van der Waals surface area contributed by atoms with Crippen LogP contribution in [0, 0.1) is 5.92 Å². The molecule has 0 amide bonds. The van der Waals surface area contributed by atoms with Crippen molar-refractivity contribution in [3.8, 4) is 0 Å². The molecule has 0 spiro atoms. The van der Waals surface area contributed by atoms with Gasteiger partial charge in [-0.2, -0.15) is 0 Å². The third-order valence-corrected chi connectivity index (χ3v) is 4.18. The molecule has 102 valence electrons. The van der Waals surface area contributed by atoms with Crippen LogP contribution in [0.3, 0.4) is 0 Å². The van der Waals surface area contributed by atoms with Gasteiger partial charge in [0.1, 0.15) is 0 Å². The number of hydrogen-bond acceptors (Lipinski definition) is 3. The van der Waals surface area contributed by atoms with E-state index in [2.05, 4.69) is 25.7 Å². The van der Waals surface area contributed by atoms with Crippen LogP contribution < -0.4 is 5.73 Å². The molecule has 3 heteroatoms. The normalized spacial score (nSPS) is 21.5. The number of rotatable bonds is 9. The molecular weight excluding hydrogens is 212 g/mol. The van der Waals surface area contributed by atoms with Crippen molar-refractivity contribution in [3.05, 3.63) is 0 Å². The Kier molecular flexibility index (Phi) is 5.90. The lowest BCUT2D eigenvalue weighted by Gasteiger charge is -2.37. The SMILES string of the molecule is CCCCN(CC(O)(CN)C1CC1)C(C)CC. The van der Waals surface area contributed by atoms with Crippen molar-refractivity contribution < 1.29 is 5.11 Å². The quantitative estimate of drug-likeness (QED) is 0.650. The van der Waals surface area contributed by atoms with E-state index >= 15 is 0 Å². The van der Waals surface area contributed by atoms with E-state index in [9.17, 15) is 5.11 Å². The summed E-state index contributed by atoms with van der Waals surface area (Å²) in [4.78, 5) is 2.43. The Morgan fingerprint density at radius 3 is 2.47 bits per heavy atom. The maximum absolute atomic E-state index is 10.6. The summed E-state index contributed by atoms with van der Waals surface area (Å²) < 4.78 is 0. The van der Waals surface area contributed by atoms with Gasteiger partial charge in [0.05, 0.1) is 5.60 Å². The minimum atomic E-state index is -0.642. The molecule has 0 aromatic rings. The zero-order valence-corrected chi connectivity index (χ0v) is 11.8. The van der Waals surface area contributed by atoms with E-state index in [1.807, 2.05) is 0 Å². The van der Waals surface area contributed by atoms with E-state index in [4.69, 9.17) is 5.73 Å². The first-order valence-electron chi connectivity index (χ1n) is 7.23. The lowest BCUT2D eigenvalue weighted by molar-refractivity contribution is -0.0185. The molecule has 17 heavy (non-hydrogen) atoms. The van der Waals surface area contributed by atoms with Gasteiger partial charge in [0, 0.05) is 19.1 Å². The zero-order chi connectivity index (χ0) is 12.9. The molecule has 1 aliphatic rings. The summed E-state index contributed by atoms with van der Waals surface area (Å²) in [7, 11) is 0. The van der Waals surface area contributed by atoms with Crippen molar-refractivity contribution in [1.29, 1.82) is 0 Å². The first kappa shape index (κ1) is 14.9. The third kappa shape index (κ3) is 4.23. The van der Waals surface area contributed by atoms with Crippen LogP contribution in [-0.2, 0) is 0 Å². The standard InChI is InChI=1S/C14H30N2O/c1-4-6-9-16(12(3)5-2)11-14(17,10-15)13-7-8-13/h12-13,17H,4-11,15H2,1-3H3. The van der Waals surface area contributed by atoms with Gasteiger partial charge in [0.2, 0.25) is 0 Å². The average molecular weight is 242 g/mol. The highest BCUT2D eigenvalue weighted by molar-refractivity contribution is 4.98. The fraction of sp³-hybridized carbons (Fsp3) is 1.00. The van der Waals surface area contributed by atoms with Crippen LogP contribution in [0.15, 0.2) is 0 Å². The molecule has 0 heterocycles. The maximum Gasteiger partial charge on any atom is 0.0923 e. The minimum absolute atomic E-state index is 0.400. The molecule has 0 bridgehead atoms. The van der Waals surface area contributed by atoms with Crippen LogP contribution in [0.2, 0.25) is 0 Å². The van der Waals surface area contributed by atoms with Crippen molar-refractivity contribution in [1.82, 2.24) is 4.90 Å². The first-order chi connectivity index (χ1) is 8.07. The summed E-state index contributed by atoms with van der Waals surface area (Å²) in [6, 6.07) is 0.540. The Morgan fingerprint density at radius 1 is 1.41 bits per heavy atom. The van der Waals surface area contributed by atoms with Crippen molar-refractivity contribution >= 4 is 0 Å². The number of aliphatic hydroxyl groups is 1. The predicted molar refractivity (Wildman–Crippen MR) is 73.0 cm³/mol. The highest BCUT2D eigenvalue weighted by Crippen LogP contribution is 2.39. The zero-order valence-electron chi connectivity index (χ0n) is 11.8. The summed E-state index contributed by atoms with van der Waals surface area (Å²) >= 11 is 0. The Labute approximate surface area is 106 Å². The van der Waals surface area contributed by atoms with Gasteiger partial charge in [-0.25, -0.2) is 0 Å². The fourth-order valence-electron chi connectivity index (χ4n) is 2.41. The highest BCUT2D eigenvalue weighted by Gasteiger charge is 2.44. The predicted octanol–water partition coefficient (Wildman–Crippen LogP) is 1.99. The molecule has 1 aliphatic carbocycles. The molecule has 0 aliphatic heterocycles. The Morgan fingerprint density at radius 2 is 2.06 bits per heavy atom. The summed E-state index contributed by atoms with van der Waals surface area (Å²) in [5.41, 5.74) is 5.15. The van der Waals surface area contributed by atoms with E-state index in [0.717, 1.165) is 32.4 Å². The van der Waals surface area contributed by atoms with E-state index < -0.39 is 5.60 Å². The smallest absolute Gasteiger partial charge is 0.0923 e. The lowest BCUT2D eigenvalue weighted by atomic mass is 9.96. The van der Waals surface area contributed by atoms with E-state index in [1.165, 1.54) is 12.8 Å². The summed E-state index contributed by atoms with van der Waals surface area (Å²) in [5.74, 6) is 0.445. The third-order valence-electron chi connectivity index (χ3n) is 4.18. The molecule has 1 saturated carbocycles. The topological polar surface area (TPSA) is 49.5 Å². The number of nitrogens with zero attached hydrogens (tertiary/aromatic N) is 1. The fourth-order valence-corrected chi connectivity index (χ4v) is 2.41. The largest absolute Gasteiger partial charge is 0.387 e. The maximum atomic E-state index is 10.6. The summed E-state index contributed by atoms with van der Waals surface area (Å²) in [6.07, 6.45) is 5.84. The van der Waals surface area contributed by atoms with Crippen LogP contribution >= 0.6 is 0 Å². The summed E-state index contributed by atoms with van der Waals surface area (Å²) in [6.45, 7) is 8.91. The second-order valence-electron chi connectivity index (χ2n) is 5.66. The van der Waals surface area contributed by atoms with Crippen LogP contribution in [0.25, 0.3) is 0 Å². The highest BCUT2D eigenvalue weighted by atomic mass is 16.3. The molecule has 2 atom stereocenters. The van der Waals surface area contributed by atoms with Gasteiger partial charge in [-0.1, -0.05) is 20.3 Å². The van der Waals surface area contributed by atoms with Crippen molar-refractivity contribution in [2.24, 2.45) is 11.7 Å². The van der Waals surface area contributed by atoms with Gasteiger partial charge < -0.3 is 10.8 Å². The van der Waals surface area contributed by atoms with Crippen LogP contribution in [0.4, 0.5) is 0 Å². The molecule has 3 N–H and O–H groups in total. The van der Waals surface area contributed by atoms with Gasteiger partial charge in [-0.3, -0.25) is 4.90 Å². The van der Waals surface area contributed by atoms with Gasteiger partial charge >= 0.3 is 0 Å². The first-order valence-corrected chi connectivity index (χ1v) is 7.23. The van der Waals surface area contributed by atoms with Crippen LogP contribution in [0.1, 0.15) is 52.9 Å². The molecule has 0 aromatic heterocycles. The molecule has 0 saturated heterocycles. The molecule has 0 radical (unpaired) electrons. The second kappa shape index (κ2) is 6.72. The number of nitrogens with two attached hydrogens (primary N) is 1. The van der Waals surface area contributed by atoms with Gasteiger partial charge in [-0.15, -0.1) is 0 Å². The molecule has 2 unspecified atom stereocenters. The Bertz CT molecular complexity index is 218. The number of hydrogen-bond donors (Lipinski definition) is 2. The Hall–Kier alpha value is -0.120. The van der Waals surface area contributed by atoms with Crippen molar-refractivity contribution in [2.75, 3.05) is 19.6 Å². The average Bonchev–Trinajstić information content (AvgIpc) is 3.17. The molecule has 3 nitrogen and oxygen atoms in total. The van der Waals surface area contributed by atoms with Gasteiger partial charge in [-0.05, 0) is 45.1 Å². The van der Waals surface area contributed by atoms with Gasteiger partial charge in [0.15, 0.2) is 0 Å². The Balaban J connectivity index is 2.56. The van der Waals surface area contributed by atoms with E-state index in [1.54, 1.807) is 0 Å². The monoisotopic (exact) mass is 242 g/mol.